The Morgan fingerprint density at radius 2 is 2.41 bits per heavy atom. The van der Waals surface area contributed by atoms with E-state index in [2.05, 4.69) is 10.6 Å². The van der Waals surface area contributed by atoms with Crippen LogP contribution in [0, 0.1) is 5.92 Å². The van der Waals surface area contributed by atoms with Crippen molar-refractivity contribution in [1.29, 1.82) is 0 Å². The number of carbonyl (C=O) groups is 1. The summed E-state index contributed by atoms with van der Waals surface area (Å²) in [6, 6.07) is 7.31. The summed E-state index contributed by atoms with van der Waals surface area (Å²) in [5.74, 6) is 0.414. The van der Waals surface area contributed by atoms with Gasteiger partial charge in [0, 0.05) is 36.3 Å². The van der Waals surface area contributed by atoms with Crippen molar-refractivity contribution in [3.63, 3.8) is 0 Å². The van der Waals surface area contributed by atoms with Crippen molar-refractivity contribution < 1.29 is 4.79 Å². The highest BCUT2D eigenvalue weighted by molar-refractivity contribution is 6.30. The number of urea groups is 1. The predicted molar refractivity (Wildman–Crippen MR) is 69.6 cm³/mol. The van der Waals surface area contributed by atoms with Crippen molar-refractivity contribution in [2.75, 3.05) is 31.6 Å². The molecule has 0 saturated carbocycles. The quantitative estimate of drug-likeness (QED) is 0.861. The fourth-order valence-corrected chi connectivity index (χ4v) is 2.21. The van der Waals surface area contributed by atoms with Crippen molar-refractivity contribution in [2.24, 2.45) is 5.92 Å². The highest BCUT2D eigenvalue weighted by atomic mass is 35.5. The molecule has 2 rings (SSSR count). The van der Waals surface area contributed by atoms with E-state index in [4.69, 9.17) is 11.6 Å². The normalized spacial score (nSPS) is 20.2. The van der Waals surface area contributed by atoms with Crippen LogP contribution in [0.15, 0.2) is 24.3 Å². The molecule has 4 nitrogen and oxygen atoms in total. The number of carbonyl (C=O) groups excluding carboxylic acids is 1. The first-order valence-corrected chi connectivity index (χ1v) is 6.04. The van der Waals surface area contributed by atoms with Gasteiger partial charge in [-0.15, -0.1) is 0 Å². The van der Waals surface area contributed by atoms with E-state index in [1.54, 1.807) is 11.0 Å². The molecule has 1 atom stereocenters. The lowest BCUT2D eigenvalue weighted by Crippen LogP contribution is -2.53. The summed E-state index contributed by atoms with van der Waals surface area (Å²) in [5, 5.41) is 6.66. The minimum atomic E-state index is -0.0559. The van der Waals surface area contributed by atoms with Crippen LogP contribution in [-0.2, 0) is 0 Å². The highest BCUT2D eigenvalue weighted by Gasteiger charge is 2.25. The number of hydrogen-bond donors (Lipinski definition) is 2. The first-order valence-electron chi connectivity index (χ1n) is 5.66. The summed E-state index contributed by atoms with van der Waals surface area (Å²) in [6.07, 6.45) is 0. The molecule has 0 aliphatic carbocycles. The SMILES string of the molecule is CNCC1CNC(=O)N(c2cccc(Cl)c2)C1. The van der Waals surface area contributed by atoms with Crippen LogP contribution >= 0.6 is 11.6 Å². The lowest BCUT2D eigenvalue weighted by molar-refractivity contribution is 0.236. The average Bonchev–Trinajstić information content (AvgIpc) is 2.32. The number of benzene rings is 1. The van der Waals surface area contributed by atoms with Crippen LogP contribution in [0.25, 0.3) is 0 Å². The van der Waals surface area contributed by atoms with Crippen LogP contribution in [0.5, 0.6) is 0 Å². The first kappa shape index (κ1) is 12.2. The molecule has 0 bridgehead atoms. The number of amides is 2. The number of hydrogen-bond acceptors (Lipinski definition) is 2. The Kier molecular flexibility index (Phi) is 3.86. The smallest absolute Gasteiger partial charge is 0.321 e. The molecule has 1 heterocycles. The fraction of sp³-hybridized carbons (Fsp3) is 0.417. The van der Waals surface area contributed by atoms with E-state index in [1.165, 1.54) is 0 Å². The average molecular weight is 254 g/mol. The number of anilines is 1. The van der Waals surface area contributed by atoms with Crippen LogP contribution in [0.1, 0.15) is 0 Å². The molecule has 2 amide bonds. The molecular weight excluding hydrogens is 238 g/mol. The Bertz CT molecular complexity index is 410. The van der Waals surface area contributed by atoms with Gasteiger partial charge < -0.3 is 10.6 Å². The zero-order valence-corrected chi connectivity index (χ0v) is 10.5. The summed E-state index contributed by atoms with van der Waals surface area (Å²) < 4.78 is 0. The Balaban J connectivity index is 2.15. The van der Waals surface area contributed by atoms with Gasteiger partial charge in [0.05, 0.1) is 0 Å². The lowest BCUT2D eigenvalue weighted by atomic mass is 10.1. The second kappa shape index (κ2) is 5.38. The van der Waals surface area contributed by atoms with Crippen molar-refractivity contribution in [3.05, 3.63) is 29.3 Å². The molecule has 5 heteroatoms. The molecular formula is C12H16ClN3O. The molecule has 1 aliphatic rings. The largest absolute Gasteiger partial charge is 0.337 e. The van der Waals surface area contributed by atoms with Gasteiger partial charge in [-0.25, -0.2) is 4.79 Å². The van der Waals surface area contributed by atoms with Gasteiger partial charge in [0.15, 0.2) is 0 Å². The second-order valence-corrected chi connectivity index (χ2v) is 4.64. The maximum Gasteiger partial charge on any atom is 0.321 e. The van der Waals surface area contributed by atoms with E-state index in [0.29, 0.717) is 17.5 Å². The van der Waals surface area contributed by atoms with Crippen molar-refractivity contribution in [3.8, 4) is 0 Å². The Morgan fingerprint density at radius 1 is 1.59 bits per heavy atom. The molecule has 1 unspecified atom stereocenters. The molecule has 0 spiro atoms. The zero-order chi connectivity index (χ0) is 12.3. The number of nitrogens with one attached hydrogen (secondary N) is 2. The summed E-state index contributed by atoms with van der Waals surface area (Å²) in [6.45, 7) is 2.32. The molecule has 1 fully saturated rings. The third kappa shape index (κ3) is 2.90. The van der Waals surface area contributed by atoms with E-state index in [-0.39, 0.29) is 6.03 Å². The Morgan fingerprint density at radius 3 is 3.12 bits per heavy atom. The minimum Gasteiger partial charge on any atom is -0.337 e. The molecule has 1 aromatic rings. The molecule has 2 N–H and O–H groups in total. The molecule has 17 heavy (non-hydrogen) atoms. The van der Waals surface area contributed by atoms with Crippen LogP contribution in [0.4, 0.5) is 10.5 Å². The van der Waals surface area contributed by atoms with Gasteiger partial charge in [-0.3, -0.25) is 4.90 Å². The van der Waals surface area contributed by atoms with E-state index >= 15 is 0 Å². The standard InChI is InChI=1S/C12H16ClN3O/c1-14-6-9-7-15-12(17)16(8-9)11-4-2-3-10(13)5-11/h2-5,9,14H,6-8H2,1H3,(H,15,17). The Labute approximate surface area is 106 Å². The maximum atomic E-state index is 11.8. The summed E-state index contributed by atoms with van der Waals surface area (Å²) >= 11 is 5.94. The molecule has 0 radical (unpaired) electrons. The predicted octanol–water partition coefficient (Wildman–Crippen LogP) is 1.71. The summed E-state index contributed by atoms with van der Waals surface area (Å²) in [5.41, 5.74) is 0.843. The van der Waals surface area contributed by atoms with Gasteiger partial charge in [0.1, 0.15) is 0 Å². The van der Waals surface area contributed by atoms with Gasteiger partial charge >= 0.3 is 6.03 Å². The van der Waals surface area contributed by atoms with Crippen molar-refractivity contribution in [2.45, 2.75) is 0 Å². The maximum absolute atomic E-state index is 11.8. The summed E-state index contributed by atoms with van der Waals surface area (Å²) in [4.78, 5) is 13.5. The molecule has 1 aromatic carbocycles. The van der Waals surface area contributed by atoms with Gasteiger partial charge in [-0.05, 0) is 25.2 Å². The minimum absolute atomic E-state index is 0.0559. The number of nitrogens with zero attached hydrogens (tertiary/aromatic N) is 1. The number of rotatable bonds is 3. The molecule has 1 saturated heterocycles. The lowest BCUT2D eigenvalue weighted by Gasteiger charge is -2.33. The van der Waals surface area contributed by atoms with Gasteiger partial charge in [-0.2, -0.15) is 0 Å². The van der Waals surface area contributed by atoms with Gasteiger partial charge in [-0.1, -0.05) is 17.7 Å². The van der Waals surface area contributed by atoms with E-state index in [9.17, 15) is 4.79 Å². The molecule has 0 aromatic heterocycles. The fourth-order valence-electron chi connectivity index (χ4n) is 2.02. The van der Waals surface area contributed by atoms with E-state index in [1.807, 2.05) is 25.2 Å². The topological polar surface area (TPSA) is 44.4 Å². The highest BCUT2D eigenvalue weighted by Crippen LogP contribution is 2.22. The summed E-state index contributed by atoms with van der Waals surface area (Å²) in [7, 11) is 1.92. The van der Waals surface area contributed by atoms with Crippen molar-refractivity contribution in [1.82, 2.24) is 10.6 Å². The van der Waals surface area contributed by atoms with Gasteiger partial charge in [0.25, 0.3) is 0 Å². The first-order chi connectivity index (χ1) is 8.20. The second-order valence-electron chi connectivity index (χ2n) is 4.20. The monoisotopic (exact) mass is 253 g/mol. The zero-order valence-electron chi connectivity index (χ0n) is 9.74. The Hall–Kier alpha value is -1.26. The van der Waals surface area contributed by atoms with E-state index in [0.717, 1.165) is 18.8 Å². The van der Waals surface area contributed by atoms with Crippen LogP contribution in [0.3, 0.4) is 0 Å². The molecule has 92 valence electrons. The molecule has 1 aliphatic heterocycles. The van der Waals surface area contributed by atoms with Gasteiger partial charge in [0.2, 0.25) is 0 Å². The van der Waals surface area contributed by atoms with Crippen LogP contribution < -0.4 is 15.5 Å². The van der Waals surface area contributed by atoms with Crippen molar-refractivity contribution >= 4 is 23.3 Å². The van der Waals surface area contributed by atoms with E-state index < -0.39 is 0 Å². The van der Waals surface area contributed by atoms with Crippen LogP contribution in [-0.4, -0.2) is 32.7 Å². The number of halogens is 1. The third-order valence-electron chi connectivity index (χ3n) is 2.84. The third-order valence-corrected chi connectivity index (χ3v) is 3.08. The van der Waals surface area contributed by atoms with Crippen LogP contribution in [0.2, 0.25) is 5.02 Å².